The van der Waals surface area contributed by atoms with Crippen molar-refractivity contribution >= 4 is 6.29 Å². The van der Waals surface area contributed by atoms with Crippen molar-refractivity contribution in [2.75, 3.05) is 13.1 Å². The van der Waals surface area contributed by atoms with Crippen molar-refractivity contribution < 1.29 is 9.18 Å². The van der Waals surface area contributed by atoms with Gasteiger partial charge in [-0.3, -0.25) is 0 Å². The molecule has 0 aromatic heterocycles. The van der Waals surface area contributed by atoms with Gasteiger partial charge in [0.2, 0.25) is 0 Å². The number of hydrogen-bond donors (Lipinski definition) is 1. The highest BCUT2D eigenvalue weighted by molar-refractivity contribution is 5.52. The molecule has 1 fully saturated rings. The molecule has 2 aromatic carbocycles. The largest absolute Gasteiger partial charge is 0.316 e. The van der Waals surface area contributed by atoms with Gasteiger partial charge in [0.15, 0.2) is 0 Å². The van der Waals surface area contributed by atoms with Crippen LogP contribution in [0, 0.1) is 11.2 Å². The highest BCUT2D eigenvalue weighted by Gasteiger charge is 2.43. The zero-order chi connectivity index (χ0) is 15.4. The molecule has 1 saturated heterocycles. The molecule has 1 heterocycles. The van der Waals surface area contributed by atoms with Crippen molar-refractivity contribution in [2.24, 2.45) is 5.41 Å². The summed E-state index contributed by atoms with van der Waals surface area (Å²) >= 11 is 0. The average molecular weight is 297 g/mol. The predicted molar refractivity (Wildman–Crippen MR) is 85.3 cm³/mol. The van der Waals surface area contributed by atoms with Crippen molar-refractivity contribution in [3.63, 3.8) is 0 Å². The summed E-state index contributed by atoms with van der Waals surface area (Å²) in [6.07, 6.45) is 2.38. The first-order valence-corrected chi connectivity index (χ1v) is 7.67. The number of carbonyl (C=O) groups excluding carboxylic acids is 1. The number of hydrogen-bond acceptors (Lipinski definition) is 2. The molecule has 0 bridgehead atoms. The second-order valence-electron chi connectivity index (χ2n) is 6.13. The van der Waals surface area contributed by atoms with Crippen molar-refractivity contribution in [3.05, 3.63) is 71.5 Å². The van der Waals surface area contributed by atoms with E-state index in [0.29, 0.717) is 6.42 Å². The molecule has 22 heavy (non-hydrogen) atoms. The van der Waals surface area contributed by atoms with E-state index in [1.54, 1.807) is 0 Å². The molecule has 0 amide bonds. The van der Waals surface area contributed by atoms with E-state index >= 15 is 0 Å². The molecule has 1 aliphatic heterocycles. The van der Waals surface area contributed by atoms with E-state index in [1.807, 2.05) is 30.3 Å². The van der Waals surface area contributed by atoms with E-state index in [1.165, 1.54) is 17.7 Å². The quantitative estimate of drug-likeness (QED) is 0.858. The number of carbonyl (C=O) groups is 1. The third kappa shape index (κ3) is 2.95. The van der Waals surface area contributed by atoms with Crippen LogP contribution in [0.25, 0.3) is 0 Å². The Morgan fingerprint density at radius 1 is 1.14 bits per heavy atom. The minimum Gasteiger partial charge on any atom is -0.316 e. The molecule has 3 heteroatoms. The van der Waals surface area contributed by atoms with Gasteiger partial charge in [-0.05, 0) is 29.7 Å². The lowest BCUT2D eigenvalue weighted by atomic mass is 9.69. The Morgan fingerprint density at radius 3 is 2.55 bits per heavy atom. The Hall–Kier alpha value is -2.00. The van der Waals surface area contributed by atoms with Crippen LogP contribution in [0.15, 0.2) is 54.6 Å². The summed E-state index contributed by atoms with van der Waals surface area (Å²) in [6, 6.07) is 17.0. The molecule has 2 nitrogen and oxygen atoms in total. The molecule has 2 atom stereocenters. The summed E-state index contributed by atoms with van der Waals surface area (Å²) in [5.41, 5.74) is 2.20. The Kier molecular flexibility index (Phi) is 4.34. The van der Waals surface area contributed by atoms with Crippen LogP contribution in [0.2, 0.25) is 0 Å². The molecule has 0 saturated carbocycles. The van der Waals surface area contributed by atoms with E-state index in [4.69, 9.17) is 0 Å². The lowest BCUT2D eigenvalue weighted by Gasteiger charge is -2.34. The Balaban J connectivity index is 1.93. The molecule has 0 aliphatic carbocycles. The minimum atomic E-state index is -0.223. The lowest BCUT2D eigenvalue weighted by molar-refractivity contribution is -0.109. The minimum absolute atomic E-state index is 0.138. The molecular weight excluding hydrogens is 277 g/mol. The Morgan fingerprint density at radius 2 is 1.86 bits per heavy atom. The van der Waals surface area contributed by atoms with E-state index in [-0.39, 0.29) is 17.2 Å². The Bertz CT molecular complexity index is 626. The van der Waals surface area contributed by atoms with E-state index in [0.717, 1.165) is 31.4 Å². The van der Waals surface area contributed by atoms with Crippen LogP contribution in [-0.4, -0.2) is 19.4 Å². The lowest BCUT2D eigenvalue weighted by Crippen LogP contribution is -2.32. The first kappa shape index (κ1) is 14.9. The third-order valence-electron chi connectivity index (χ3n) is 4.73. The summed E-state index contributed by atoms with van der Waals surface area (Å²) in [7, 11) is 0. The van der Waals surface area contributed by atoms with Gasteiger partial charge in [-0.25, -0.2) is 4.39 Å². The Labute approximate surface area is 130 Å². The summed E-state index contributed by atoms with van der Waals surface area (Å²) in [5, 5.41) is 3.43. The van der Waals surface area contributed by atoms with Crippen LogP contribution in [0.4, 0.5) is 4.39 Å². The van der Waals surface area contributed by atoms with Gasteiger partial charge < -0.3 is 10.1 Å². The molecule has 0 radical (unpaired) electrons. The van der Waals surface area contributed by atoms with Crippen LogP contribution in [0.3, 0.4) is 0 Å². The number of halogens is 1. The predicted octanol–water partition coefficient (Wildman–Crippen LogP) is 3.33. The first-order valence-electron chi connectivity index (χ1n) is 7.67. The van der Waals surface area contributed by atoms with Gasteiger partial charge in [0.25, 0.3) is 0 Å². The molecule has 0 unspecified atom stereocenters. The fourth-order valence-corrected chi connectivity index (χ4v) is 3.61. The summed E-state index contributed by atoms with van der Waals surface area (Å²) in [4.78, 5) is 11.3. The summed E-state index contributed by atoms with van der Waals surface area (Å²) < 4.78 is 13.2. The van der Waals surface area contributed by atoms with Gasteiger partial charge in [0.05, 0.1) is 0 Å². The molecule has 3 rings (SSSR count). The third-order valence-corrected chi connectivity index (χ3v) is 4.73. The van der Waals surface area contributed by atoms with Crippen LogP contribution >= 0.6 is 0 Å². The number of benzene rings is 2. The second-order valence-corrected chi connectivity index (χ2v) is 6.13. The average Bonchev–Trinajstić information content (AvgIpc) is 2.93. The zero-order valence-electron chi connectivity index (χ0n) is 12.5. The SMILES string of the molecule is O=CC[C@@]1(Cc2ccccc2)CNC[C@H]1c1ccc(F)cc1. The highest BCUT2D eigenvalue weighted by atomic mass is 19.1. The normalized spacial score (nSPS) is 24.3. The van der Waals surface area contributed by atoms with Crippen molar-refractivity contribution in [1.82, 2.24) is 5.32 Å². The second kappa shape index (κ2) is 6.41. The van der Waals surface area contributed by atoms with Crippen molar-refractivity contribution in [2.45, 2.75) is 18.8 Å². The van der Waals surface area contributed by atoms with Crippen LogP contribution in [0.1, 0.15) is 23.5 Å². The molecule has 0 spiro atoms. The van der Waals surface area contributed by atoms with Gasteiger partial charge in [0.1, 0.15) is 12.1 Å². The molecule has 1 aliphatic rings. The summed E-state index contributed by atoms with van der Waals surface area (Å²) in [6.45, 7) is 1.63. The van der Waals surface area contributed by atoms with Gasteiger partial charge in [-0.2, -0.15) is 0 Å². The smallest absolute Gasteiger partial charge is 0.123 e. The van der Waals surface area contributed by atoms with Gasteiger partial charge in [-0.15, -0.1) is 0 Å². The van der Waals surface area contributed by atoms with Crippen LogP contribution in [-0.2, 0) is 11.2 Å². The zero-order valence-corrected chi connectivity index (χ0v) is 12.5. The van der Waals surface area contributed by atoms with Crippen LogP contribution in [0.5, 0.6) is 0 Å². The monoisotopic (exact) mass is 297 g/mol. The van der Waals surface area contributed by atoms with Gasteiger partial charge >= 0.3 is 0 Å². The topological polar surface area (TPSA) is 29.1 Å². The van der Waals surface area contributed by atoms with E-state index < -0.39 is 0 Å². The number of nitrogens with one attached hydrogen (secondary N) is 1. The van der Waals surface area contributed by atoms with Crippen LogP contribution < -0.4 is 5.32 Å². The van der Waals surface area contributed by atoms with E-state index in [2.05, 4.69) is 17.4 Å². The fraction of sp³-hybridized carbons (Fsp3) is 0.316. The van der Waals surface area contributed by atoms with Gasteiger partial charge in [-0.1, -0.05) is 42.5 Å². The van der Waals surface area contributed by atoms with Crippen molar-refractivity contribution in [3.8, 4) is 0 Å². The maximum atomic E-state index is 13.2. The molecule has 2 aromatic rings. The highest BCUT2D eigenvalue weighted by Crippen LogP contribution is 2.44. The van der Waals surface area contributed by atoms with E-state index in [9.17, 15) is 9.18 Å². The fourth-order valence-electron chi connectivity index (χ4n) is 3.61. The standard InChI is InChI=1S/C19H20FNO/c20-17-8-6-16(7-9-17)18-13-21-14-19(18,10-11-22)12-15-4-2-1-3-5-15/h1-9,11,18,21H,10,12-14H2/t18-,19+/m0/s1. The number of rotatable bonds is 5. The first-order chi connectivity index (χ1) is 10.7. The molecular formula is C19H20FNO. The molecule has 1 N–H and O–H groups in total. The molecule has 114 valence electrons. The number of aldehydes is 1. The van der Waals surface area contributed by atoms with Gasteiger partial charge in [0, 0.05) is 30.8 Å². The maximum absolute atomic E-state index is 13.2. The van der Waals surface area contributed by atoms with Crippen molar-refractivity contribution in [1.29, 1.82) is 0 Å². The maximum Gasteiger partial charge on any atom is 0.123 e. The summed E-state index contributed by atoms with van der Waals surface area (Å²) in [5.74, 6) is -0.00254.